The van der Waals surface area contributed by atoms with E-state index in [9.17, 15) is 18.4 Å². The number of alkyl halides is 2. The number of hydrogen-bond acceptors (Lipinski definition) is 3. The van der Waals surface area contributed by atoms with Gasteiger partial charge in [-0.25, -0.2) is 4.98 Å². The van der Waals surface area contributed by atoms with E-state index in [1.807, 2.05) is 0 Å². The normalized spacial score (nSPS) is 30.0. The molecule has 1 aromatic heterocycles. The summed E-state index contributed by atoms with van der Waals surface area (Å²) in [7, 11) is 0. The standard InChI is InChI=1S/C23H28F2N4O2/c1-13(20-28-17-4-2-3-5-18(17)29(20)22(24)25)27-19(30)12-26-21(31)23-9-14-6-15(10-23)8-16(7-14)11-23/h2-5,13-16,22H,6-12H2,1H3,(H,26,31)(H,27,30)/t13-,14?,15?,16?,23?/m1/s1. The molecule has 2 N–H and O–H groups in total. The fourth-order valence-corrected chi connectivity index (χ4v) is 6.67. The Kier molecular flexibility index (Phi) is 4.98. The van der Waals surface area contributed by atoms with Crippen molar-refractivity contribution in [3.63, 3.8) is 0 Å². The number of para-hydroxylation sites is 2. The topological polar surface area (TPSA) is 76.0 Å². The van der Waals surface area contributed by atoms with Gasteiger partial charge in [0.15, 0.2) is 0 Å². The van der Waals surface area contributed by atoms with E-state index in [1.54, 1.807) is 31.2 Å². The maximum Gasteiger partial charge on any atom is 0.320 e. The minimum atomic E-state index is -2.77. The monoisotopic (exact) mass is 430 g/mol. The number of aromatic nitrogens is 2. The van der Waals surface area contributed by atoms with E-state index in [1.165, 1.54) is 19.3 Å². The van der Waals surface area contributed by atoms with Gasteiger partial charge in [-0.2, -0.15) is 8.78 Å². The molecule has 4 bridgehead atoms. The fourth-order valence-electron chi connectivity index (χ4n) is 6.67. The first-order valence-electron chi connectivity index (χ1n) is 11.2. The Bertz CT molecular complexity index is 983. The Hall–Kier alpha value is -2.51. The lowest BCUT2D eigenvalue weighted by Crippen LogP contribution is -2.54. The summed E-state index contributed by atoms with van der Waals surface area (Å²) in [6, 6.07) is 5.94. The second-order valence-electron chi connectivity index (χ2n) is 9.78. The second-order valence-corrected chi connectivity index (χ2v) is 9.78. The number of rotatable bonds is 6. The van der Waals surface area contributed by atoms with Crippen molar-refractivity contribution in [3.05, 3.63) is 30.1 Å². The first-order chi connectivity index (χ1) is 14.8. The van der Waals surface area contributed by atoms with Crippen LogP contribution in [-0.4, -0.2) is 27.9 Å². The molecule has 2 amide bonds. The first-order valence-corrected chi connectivity index (χ1v) is 11.2. The number of nitrogens with one attached hydrogen (secondary N) is 2. The van der Waals surface area contributed by atoms with Crippen LogP contribution in [0.2, 0.25) is 0 Å². The van der Waals surface area contributed by atoms with Crippen LogP contribution in [0.25, 0.3) is 11.0 Å². The van der Waals surface area contributed by atoms with Crippen molar-refractivity contribution in [2.45, 2.75) is 58.0 Å². The molecule has 0 aliphatic heterocycles. The predicted octanol–water partition coefficient (Wildman–Crippen LogP) is 3.94. The van der Waals surface area contributed by atoms with E-state index in [-0.39, 0.29) is 23.7 Å². The van der Waals surface area contributed by atoms with Crippen molar-refractivity contribution in [3.8, 4) is 0 Å². The van der Waals surface area contributed by atoms with Gasteiger partial charge in [0.2, 0.25) is 11.8 Å². The van der Waals surface area contributed by atoms with Gasteiger partial charge in [-0.05, 0) is 75.3 Å². The highest BCUT2D eigenvalue weighted by Gasteiger charge is 2.54. The molecule has 1 atom stereocenters. The number of halogens is 2. The third-order valence-corrected chi connectivity index (χ3v) is 7.51. The quantitative estimate of drug-likeness (QED) is 0.729. The number of hydrogen-bond donors (Lipinski definition) is 2. The molecular weight excluding hydrogens is 402 g/mol. The van der Waals surface area contributed by atoms with Crippen LogP contribution >= 0.6 is 0 Å². The van der Waals surface area contributed by atoms with Crippen molar-refractivity contribution >= 4 is 22.8 Å². The van der Waals surface area contributed by atoms with Crippen molar-refractivity contribution in [1.82, 2.24) is 20.2 Å². The third kappa shape index (κ3) is 3.59. The van der Waals surface area contributed by atoms with Gasteiger partial charge in [-0.15, -0.1) is 0 Å². The average molecular weight is 430 g/mol. The molecule has 0 radical (unpaired) electrons. The van der Waals surface area contributed by atoms with E-state index in [0.29, 0.717) is 28.8 Å². The molecule has 6 nitrogen and oxygen atoms in total. The van der Waals surface area contributed by atoms with Crippen LogP contribution in [0.15, 0.2) is 24.3 Å². The van der Waals surface area contributed by atoms with Gasteiger partial charge in [-0.3, -0.25) is 14.2 Å². The molecule has 8 heteroatoms. The molecule has 0 unspecified atom stereocenters. The molecule has 0 saturated heterocycles. The molecule has 2 aromatic rings. The van der Waals surface area contributed by atoms with Crippen LogP contribution in [0.4, 0.5) is 8.78 Å². The summed E-state index contributed by atoms with van der Waals surface area (Å²) in [5.41, 5.74) is 0.461. The Morgan fingerprint density at radius 3 is 2.35 bits per heavy atom. The predicted molar refractivity (Wildman–Crippen MR) is 111 cm³/mol. The molecule has 0 spiro atoms. The number of carbonyl (C=O) groups excluding carboxylic acids is 2. The maximum atomic E-state index is 13.7. The van der Waals surface area contributed by atoms with Gasteiger partial charge in [0, 0.05) is 5.41 Å². The summed E-state index contributed by atoms with van der Waals surface area (Å²) in [4.78, 5) is 29.8. The molecule has 4 saturated carbocycles. The summed E-state index contributed by atoms with van der Waals surface area (Å²) in [6.45, 7) is -1.30. The molecule has 4 aliphatic carbocycles. The number of benzene rings is 1. The molecule has 31 heavy (non-hydrogen) atoms. The van der Waals surface area contributed by atoms with Crippen molar-refractivity contribution in [2.75, 3.05) is 6.54 Å². The van der Waals surface area contributed by atoms with E-state index < -0.39 is 18.5 Å². The van der Waals surface area contributed by atoms with E-state index in [0.717, 1.165) is 23.8 Å². The lowest BCUT2D eigenvalue weighted by atomic mass is 9.49. The highest BCUT2D eigenvalue weighted by Crippen LogP contribution is 2.60. The number of imidazole rings is 1. The summed E-state index contributed by atoms with van der Waals surface area (Å²) >= 11 is 0. The van der Waals surface area contributed by atoms with Crippen LogP contribution in [0.3, 0.4) is 0 Å². The van der Waals surface area contributed by atoms with Crippen molar-refractivity contribution in [1.29, 1.82) is 0 Å². The Morgan fingerprint density at radius 1 is 1.13 bits per heavy atom. The second kappa shape index (κ2) is 7.57. The number of fused-ring (bicyclic) bond motifs is 1. The zero-order valence-electron chi connectivity index (χ0n) is 17.6. The zero-order valence-corrected chi connectivity index (χ0v) is 17.6. The highest BCUT2D eigenvalue weighted by molar-refractivity contribution is 5.88. The molecule has 4 aliphatic rings. The lowest BCUT2D eigenvalue weighted by molar-refractivity contribution is -0.147. The SMILES string of the molecule is C[C@@H](NC(=O)CNC(=O)C12CC3CC(CC(C3)C1)C2)c1nc2ccccc2n1C(F)F. The molecular formula is C23H28F2N4O2. The molecule has 1 heterocycles. The van der Waals surface area contributed by atoms with Gasteiger partial charge >= 0.3 is 6.55 Å². The van der Waals surface area contributed by atoms with Crippen LogP contribution in [-0.2, 0) is 9.59 Å². The van der Waals surface area contributed by atoms with Crippen LogP contribution in [0, 0.1) is 23.2 Å². The first kappa shape index (κ1) is 20.4. The van der Waals surface area contributed by atoms with Gasteiger partial charge in [0.25, 0.3) is 0 Å². The van der Waals surface area contributed by atoms with Gasteiger partial charge in [0.05, 0.1) is 23.6 Å². The molecule has 166 valence electrons. The number of amides is 2. The molecule has 1 aromatic carbocycles. The Labute approximate surface area is 179 Å². The van der Waals surface area contributed by atoms with Crippen LogP contribution < -0.4 is 10.6 Å². The molecule has 6 rings (SSSR count). The van der Waals surface area contributed by atoms with Crippen LogP contribution in [0.1, 0.15) is 63.9 Å². The van der Waals surface area contributed by atoms with Crippen LogP contribution in [0.5, 0.6) is 0 Å². The fraction of sp³-hybridized carbons (Fsp3) is 0.609. The highest BCUT2D eigenvalue weighted by atomic mass is 19.3. The largest absolute Gasteiger partial charge is 0.347 e. The van der Waals surface area contributed by atoms with Gasteiger partial charge in [0.1, 0.15) is 5.82 Å². The maximum absolute atomic E-state index is 13.7. The smallest absolute Gasteiger partial charge is 0.320 e. The Balaban J connectivity index is 1.23. The lowest BCUT2D eigenvalue weighted by Gasteiger charge is -2.55. The third-order valence-electron chi connectivity index (χ3n) is 7.51. The van der Waals surface area contributed by atoms with E-state index >= 15 is 0 Å². The van der Waals surface area contributed by atoms with E-state index in [2.05, 4.69) is 15.6 Å². The Morgan fingerprint density at radius 2 is 1.74 bits per heavy atom. The summed E-state index contributed by atoms with van der Waals surface area (Å²) in [6.07, 6.45) is 6.53. The minimum Gasteiger partial charge on any atom is -0.347 e. The van der Waals surface area contributed by atoms with Gasteiger partial charge < -0.3 is 10.6 Å². The summed E-state index contributed by atoms with van der Waals surface area (Å²) < 4.78 is 28.2. The summed E-state index contributed by atoms with van der Waals surface area (Å²) in [5, 5.41) is 5.55. The van der Waals surface area contributed by atoms with Crippen molar-refractivity contribution < 1.29 is 18.4 Å². The zero-order chi connectivity index (χ0) is 21.8. The number of nitrogens with zero attached hydrogens (tertiary/aromatic N) is 2. The average Bonchev–Trinajstić information content (AvgIpc) is 3.11. The molecule has 4 fully saturated rings. The minimum absolute atomic E-state index is 0.0192. The van der Waals surface area contributed by atoms with Gasteiger partial charge in [-0.1, -0.05) is 12.1 Å². The van der Waals surface area contributed by atoms with E-state index in [4.69, 9.17) is 0 Å². The number of carbonyl (C=O) groups is 2. The van der Waals surface area contributed by atoms with Crippen molar-refractivity contribution in [2.24, 2.45) is 23.2 Å². The summed E-state index contributed by atoms with van der Waals surface area (Å²) in [5.74, 6) is 1.61.